The molecule has 0 saturated heterocycles. The number of rotatable bonds is 5. The highest BCUT2D eigenvalue weighted by molar-refractivity contribution is 6.25. The summed E-state index contributed by atoms with van der Waals surface area (Å²) in [6.07, 6.45) is 8.14. The number of hydrogen-bond acceptors (Lipinski definition) is 4. The summed E-state index contributed by atoms with van der Waals surface area (Å²) in [4.78, 5) is 30.6. The topological polar surface area (TPSA) is 79.0 Å². The molecule has 0 aliphatic carbocycles. The highest BCUT2D eigenvalue weighted by atomic mass is 16.2. The van der Waals surface area contributed by atoms with Gasteiger partial charge in [-0.1, -0.05) is 38.3 Å². The van der Waals surface area contributed by atoms with Crippen LogP contribution in [0.25, 0.3) is 11.0 Å². The molecule has 0 spiro atoms. The fourth-order valence-corrected chi connectivity index (χ4v) is 2.78. The molecule has 0 saturated carbocycles. The molecular formula is C17H16N4O2. The van der Waals surface area contributed by atoms with Gasteiger partial charge in [0, 0.05) is 12.7 Å². The lowest BCUT2D eigenvalue weighted by Gasteiger charge is -2.20. The van der Waals surface area contributed by atoms with Crippen LogP contribution in [0, 0.1) is 5.92 Å². The number of nitrogens with zero attached hydrogens (tertiary/aromatic N) is 3. The molecule has 116 valence electrons. The Kier molecular flexibility index (Phi) is 3.65. The average molecular weight is 308 g/mol. The molecule has 6 heteroatoms. The van der Waals surface area contributed by atoms with Crippen LogP contribution in [0.1, 0.15) is 27.6 Å². The van der Waals surface area contributed by atoms with E-state index in [4.69, 9.17) is 0 Å². The second-order valence-corrected chi connectivity index (χ2v) is 5.41. The van der Waals surface area contributed by atoms with Gasteiger partial charge in [0.1, 0.15) is 0 Å². The number of imide groups is 1. The lowest BCUT2D eigenvalue weighted by atomic mass is 10.00. The predicted octanol–water partition coefficient (Wildman–Crippen LogP) is 2.49. The largest absolute Gasteiger partial charge is 0.274 e. The zero-order valence-corrected chi connectivity index (χ0v) is 12.7. The number of pyridine rings is 1. The molecule has 3 rings (SSSR count). The first-order valence-corrected chi connectivity index (χ1v) is 7.21. The van der Waals surface area contributed by atoms with Gasteiger partial charge in [0.05, 0.1) is 22.7 Å². The van der Waals surface area contributed by atoms with Gasteiger partial charge in [-0.2, -0.15) is 5.10 Å². The van der Waals surface area contributed by atoms with Gasteiger partial charge in [-0.05, 0) is 11.5 Å². The standard InChI is InChI=1S/C17H16N4O2/c1-4-6-11(5-2)10(3)9-21-16(22)13-7-18-15-12(8-19-20-15)14(13)17(21)23/h4-8,10H,1-2,9H2,3H3,(H,18,19,20)/b11-6+. The Morgan fingerprint density at radius 1 is 1.35 bits per heavy atom. The molecule has 0 aromatic carbocycles. The molecule has 0 bridgehead atoms. The number of fused-ring (bicyclic) bond motifs is 3. The van der Waals surface area contributed by atoms with Crippen molar-refractivity contribution in [3.8, 4) is 0 Å². The third-order valence-electron chi connectivity index (χ3n) is 3.99. The highest BCUT2D eigenvalue weighted by Gasteiger charge is 2.38. The Hall–Kier alpha value is -3.02. The minimum Gasteiger partial charge on any atom is -0.274 e. The van der Waals surface area contributed by atoms with E-state index in [1.165, 1.54) is 17.3 Å². The summed E-state index contributed by atoms with van der Waals surface area (Å²) in [6.45, 7) is 9.63. The molecule has 1 atom stereocenters. The predicted molar refractivity (Wildman–Crippen MR) is 86.9 cm³/mol. The van der Waals surface area contributed by atoms with Crippen molar-refractivity contribution in [1.29, 1.82) is 0 Å². The minimum atomic E-state index is -0.325. The number of allylic oxidation sites excluding steroid dienone is 3. The van der Waals surface area contributed by atoms with Crippen LogP contribution in [-0.4, -0.2) is 38.4 Å². The van der Waals surface area contributed by atoms with Gasteiger partial charge in [-0.3, -0.25) is 19.6 Å². The number of aromatic nitrogens is 3. The van der Waals surface area contributed by atoms with E-state index in [-0.39, 0.29) is 24.3 Å². The van der Waals surface area contributed by atoms with E-state index in [2.05, 4.69) is 28.3 Å². The van der Waals surface area contributed by atoms with Crippen LogP contribution < -0.4 is 0 Å². The van der Waals surface area contributed by atoms with E-state index >= 15 is 0 Å². The fraction of sp³-hybridized carbons (Fsp3) is 0.176. The van der Waals surface area contributed by atoms with Gasteiger partial charge in [0.2, 0.25) is 0 Å². The van der Waals surface area contributed by atoms with Crippen LogP contribution in [-0.2, 0) is 0 Å². The quantitative estimate of drug-likeness (QED) is 0.680. The zero-order valence-electron chi connectivity index (χ0n) is 12.7. The zero-order chi connectivity index (χ0) is 16.6. The average Bonchev–Trinajstić information content (AvgIpc) is 3.11. The van der Waals surface area contributed by atoms with E-state index in [0.29, 0.717) is 22.2 Å². The van der Waals surface area contributed by atoms with Crippen LogP contribution in [0.3, 0.4) is 0 Å². The fourth-order valence-electron chi connectivity index (χ4n) is 2.78. The van der Waals surface area contributed by atoms with Gasteiger partial charge in [-0.15, -0.1) is 0 Å². The van der Waals surface area contributed by atoms with Crippen molar-refractivity contribution in [2.45, 2.75) is 6.92 Å². The second-order valence-electron chi connectivity index (χ2n) is 5.41. The second kappa shape index (κ2) is 5.64. The third-order valence-corrected chi connectivity index (χ3v) is 3.99. The van der Waals surface area contributed by atoms with Gasteiger partial charge in [0.15, 0.2) is 5.65 Å². The van der Waals surface area contributed by atoms with E-state index in [1.807, 2.05) is 13.0 Å². The maximum Gasteiger partial charge on any atom is 0.263 e. The maximum atomic E-state index is 12.7. The molecule has 3 heterocycles. The lowest BCUT2D eigenvalue weighted by molar-refractivity contribution is 0.0641. The molecule has 23 heavy (non-hydrogen) atoms. The Bertz CT molecular complexity index is 863. The first-order valence-electron chi connectivity index (χ1n) is 7.21. The monoisotopic (exact) mass is 308 g/mol. The van der Waals surface area contributed by atoms with Gasteiger partial charge in [-0.25, -0.2) is 4.98 Å². The Balaban J connectivity index is 1.96. The third kappa shape index (κ3) is 2.28. The smallest absolute Gasteiger partial charge is 0.263 e. The number of aromatic amines is 1. The number of nitrogens with one attached hydrogen (secondary N) is 1. The van der Waals surface area contributed by atoms with E-state index in [9.17, 15) is 9.59 Å². The molecule has 2 amide bonds. The molecule has 2 aromatic heterocycles. The summed E-state index contributed by atoms with van der Waals surface area (Å²) in [5.41, 5.74) is 2.11. The molecule has 2 aromatic rings. The van der Waals surface area contributed by atoms with E-state index < -0.39 is 0 Å². The summed E-state index contributed by atoms with van der Waals surface area (Å²) < 4.78 is 0. The normalized spacial score (nSPS) is 15.9. The van der Waals surface area contributed by atoms with Crippen LogP contribution in [0.4, 0.5) is 0 Å². The van der Waals surface area contributed by atoms with Gasteiger partial charge < -0.3 is 0 Å². The van der Waals surface area contributed by atoms with Crippen LogP contribution in [0.2, 0.25) is 0 Å². The summed E-state index contributed by atoms with van der Waals surface area (Å²) in [7, 11) is 0. The Labute approximate surface area is 133 Å². The van der Waals surface area contributed by atoms with Gasteiger partial charge >= 0.3 is 0 Å². The number of carbonyl (C=O) groups is 2. The summed E-state index contributed by atoms with van der Waals surface area (Å²) >= 11 is 0. The minimum absolute atomic E-state index is 0.0412. The van der Waals surface area contributed by atoms with E-state index in [0.717, 1.165) is 5.57 Å². The van der Waals surface area contributed by atoms with Crippen molar-refractivity contribution < 1.29 is 9.59 Å². The SMILES string of the molecule is C=C/C=C(\C=C)C(C)CN1C(=O)c2cnc3[nH]ncc3c2C1=O. The van der Waals surface area contributed by atoms with Crippen LogP contribution in [0.5, 0.6) is 0 Å². The highest BCUT2D eigenvalue weighted by Crippen LogP contribution is 2.29. The van der Waals surface area contributed by atoms with Crippen LogP contribution >= 0.6 is 0 Å². The number of H-pyrrole nitrogens is 1. The lowest BCUT2D eigenvalue weighted by Crippen LogP contribution is -2.34. The molecule has 1 N–H and O–H groups in total. The first kappa shape index (κ1) is 14.9. The Morgan fingerprint density at radius 3 is 2.83 bits per heavy atom. The maximum absolute atomic E-state index is 12.7. The van der Waals surface area contributed by atoms with E-state index in [1.54, 1.807) is 12.2 Å². The molecule has 1 aliphatic heterocycles. The van der Waals surface area contributed by atoms with Gasteiger partial charge in [0.25, 0.3) is 11.8 Å². The summed E-state index contributed by atoms with van der Waals surface area (Å²) in [5.74, 6) is -0.678. The molecule has 1 aliphatic rings. The number of carbonyl (C=O) groups excluding carboxylic acids is 2. The number of amides is 2. The van der Waals surface area contributed by atoms with Crippen molar-refractivity contribution in [1.82, 2.24) is 20.1 Å². The Morgan fingerprint density at radius 2 is 2.13 bits per heavy atom. The van der Waals surface area contributed by atoms with Crippen molar-refractivity contribution in [2.24, 2.45) is 5.92 Å². The summed E-state index contributed by atoms with van der Waals surface area (Å²) in [5, 5.41) is 7.17. The van der Waals surface area contributed by atoms with Crippen molar-refractivity contribution in [3.63, 3.8) is 0 Å². The van der Waals surface area contributed by atoms with Crippen molar-refractivity contribution in [2.75, 3.05) is 6.54 Å². The van der Waals surface area contributed by atoms with Crippen LogP contribution in [0.15, 0.2) is 49.4 Å². The molecule has 1 unspecified atom stereocenters. The molecule has 0 radical (unpaired) electrons. The molecule has 6 nitrogen and oxygen atoms in total. The summed E-state index contributed by atoms with van der Waals surface area (Å²) in [6, 6.07) is 0. The van der Waals surface area contributed by atoms with Crippen molar-refractivity contribution in [3.05, 3.63) is 60.5 Å². The molecular weight excluding hydrogens is 292 g/mol. The first-order chi connectivity index (χ1) is 11.1. The molecule has 0 fully saturated rings. The number of hydrogen-bond donors (Lipinski definition) is 1. The van der Waals surface area contributed by atoms with Crippen molar-refractivity contribution >= 4 is 22.8 Å².